The average molecular weight is 594 g/mol. The number of methoxy groups -OCH3 is 1. The molecule has 2 aromatic rings. The van der Waals surface area contributed by atoms with Crippen LogP contribution in [-0.2, 0) is 22.6 Å². The smallest absolute Gasteiger partial charge is 0.240 e. The van der Waals surface area contributed by atoms with Crippen molar-refractivity contribution in [3.05, 3.63) is 47.5 Å². The zero-order valence-electron chi connectivity index (χ0n) is 27.1. The monoisotopic (exact) mass is 593 g/mol. The van der Waals surface area contributed by atoms with Gasteiger partial charge < -0.3 is 25.2 Å². The van der Waals surface area contributed by atoms with Crippen LogP contribution in [0.15, 0.2) is 36.4 Å². The van der Waals surface area contributed by atoms with Crippen LogP contribution in [0.1, 0.15) is 58.6 Å². The summed E-state index contributed by atoms with van der Waals surface area (Å²) in [5.41, 5.74) is 5.55. The van der Waals surface area contributed by atoms with Crippen LogP contribution in [0.5, 0.6) is 5.75 Å². The summed E-state index contributed by atoms with van der Waals surface area (Å²) in [5, 5.41) is 26.1. The second-order valence-electron chi connectivity index (χ2n) is 13.9. The van der Waals surface area contributed by atoms with E-state index < -0.39 is 24.2 Å². The molecule has 2 aromatic carbocycles. The number of para-hydroxylation sites is 1. The minimum atomic E-state index is -0.844. The van der Waals surface area contributed by atoms with Crippen molar-refractivity contribution in [3.8, 4) is 16.9 Å². The molecular formula is C35H51N3O5. The van der Waals surface area contributed by atoms with Crippen LogP contribution in [0.25, 0.3) is 11.1 Å². The third-order valence-electron chi connectivity index (χ3n) is 10.9. The Morgan fingerprint density at radius 1 is 1.23 bits per heavy atom. The normalized spacial score (nSPS) is 30.4. The lowest BCUT2D eigenvalue weighted by Crippen LogP contribution is -2.62. The van der Waals surface area contributed by atoms with E-state index in [1.54, 1.807) is 19.1 Å². The van der Waals surface area contributed by atoms with Crippen LogP contribution in [-0.4, -0.2) is 73.3 Å². The second kappa shape index (κ2) is 12.4. The molecule has 3 N–H and O–H groups in total. The number of aryl methyl sites for hydroxylation is 1. The van der Waals surface area contributed by atoms with Crippen LogP contribution >= 0.6 is 0 Å². The zero-order chi connectivity index (χ0) is 31.2. The Hall–Kier alpha value is -2.65. The zero-order valence-corrected chi connectivity index (χ0v) is 27.1. The molecule has 0 radical (unpaired) electrons. The maximum absolute atomic E-state index is 14.1. The van der Waals surface area contributed by atoms with Crippen molar-refractivity contribution in [2.75, 3.05) is 32.7 Å². The highest BCUT2D eigenvalue weighted by atomic mass is 16.7. The molecule has 8 atom stereocenters. The van der Waals surface area contributed by atoms with Crippen molar-refractivity contribution in [3.63, 3.8) is 0 Å². The average Bonchev–Trinajstić information content (AvgIpc) is 3.36. The number of aliphatic hydroxyl groups excluding tert-OH is 2. The molecule has 2 bridgehead atoms. The molecule has 43 heavy (non-hydrogen) atoms. The number of aliphatic hydroxyl groups is 2. The van der Waals surface area contributed by atoms with Crippen LogP contribution in [0.2, 0.25) is 0 Å². The fourth-order valence-electron chi connectivity index (χ4n) is 8.12. The van der Waals surface area contributed by atoms with Gasteiger partial charge in [0.15, 0.2) is 0 Å². The van der Waals surface area contributed by atoms with Gasteiger partial charge in [0.1, 0.15) is 17.9 Å². The molecule has 8 heteroatoms. The predicted octanol–water partition coefficient (Wildman–Crippen LogP) is 4.65. The molecule has 1 amide bonds. The maximum Gasteiger partial charge on any atom is 0.240 e. The molecule has 6 rings (SSSR count). The number of hydroxylamine groups is 2. The number of nitrogens with zero attached hydrogens (tertiary/aromatic N) is 2. The molecule has 0 unspecified atom stereocenters. The first-order valence-corrected chi connectivity index (χ1v) is 15.9. The molecule has 3 aliphatic carbocycles. The summed E-state index contributed by atoms with van der Waals surface area (Å²) >= 11 is 0. The summed E-state index contributed by atoms with van der Waals surface area (Å²) in [4.78, 5) is 22.4. The minimum absolute atomic E-state index is 0.0866. The Morgan fingerprint density at radius 2 is 1.98 bits per heavy atom. The van der Waals surface area contributed by atoms with E-state index in [1.165, 1.54) is 12.0 Å². The highest BCUT2D eigenvalue weighted by Crippen LogP contribution is 2.61. The summed E-state index contributed by atoms with van der Waals surface area (Å²) < 4.78 is 6.01. The first-order chi connectivity index (χ1) is 20.4. The lowest BCUT2D eigenvalue weighted by atomic mass is 9.45. The Labute approximate surface area is 257 Å². The van der Waals surface area contributed by atoms with E-state index in [0.717, 1.165) is 35.2 Å². The molecule has 8 nitrogen and oxygen atoms in total. The number of nitrogens with one attached hydrogen (secondary N) is 1. The van der Waals surface area contributed by atoms with E-state index in [4.69, 9.17) is 9.57 Å². The van der Waals surface area contributed by atoms with Crippen LogP contribution in [0.4, 0.5) is 5.69 Å². The van der Waals surface area contributed by atoms with Crippen LogP contribution < -0.4 is 15.0 Å². The standard InChI is InChI=1S/C35H51N3O5/c1-9-22-13-24(15-26(14-22)37(6)7)27-12-10-11-23(33(27)42-8)18-38-32(31(21(3)40)30(19-39)43-38)34(41)36-29-17-25-16-28(20(29)2)35(25,4)5/h10-15,20-21,25,28-32,39-40H,9,16-19H2,1-8H3,(H,36,41)/t20-,21-,25+,28-,29-,30-,31-,32-/m0/s1. The van der Waals surface area contributed by atoms with Gasteiger partial charge in [-0.15, -0.1) is 0 Å². The summed E-state index contributed by atoms with van der Waals surface area (Å²) in [6.45, 7) is 10.8. The quantitative estimate of drug-likeness (QED) is 0.369. The molecule has 0 aromatic heterocycles. The van der Waals surface area contributed by atoms with Crippen molar-refractivity contribution in [1.82, 2.24) is 10.4 Å². The highest BCUT2D eigenvalue weighted by molar-refractivity contribution is 5.83. The largest absolute Gasteiger partial charge is 0.496 e. The van der Waals surface area contributed by atoms with E-state index in [0.29, 0.717) is 28.9 Å². The maximum atomic E-state index is 14.1. The van der Waals surface area contributed by atoms with E-state index in [2.05, 4.69) is 62.2 Å². The lowest BCUT2D eigenvalue weighted by molar-refractivity contribution is -0.183. The van der Waals surface area contributed by atoms with Crippen molar-refractivity contribution in [1.29, 1.82) is 0 Å². The van der Waals surface area contributed by atoms with Gasteiger partial charge in [0, 0.05) is 42.9 Å². The van der Waals surface area contributed by atoms with Crippen molar-refractivity contribution in [2.24, 2.45) is 29.1 Å². The van der Waals surface area contributed by atoms with Crippen molar-refractivity contribution in [2.45, 2.75) is 84.7 Å². The van der Waals surface area contributed by atoms with Gasteiger partial charge in [-0.2, -0.15) is 5.06 Å². The molecule has 1 aliphatic heterocycles. The van der Waals surface area contributed by atoms with Gasteiger partial charge in [-0.3, -0.25) is 9.63 Å². The summed E-state index contributed by atoms with van der Waals surface area (Å²) in [6.07, 6.45) is 1.58. The first-order valence-electron chi connectivity index (χ1n) is 15.9. The minimum Gasteiger partial charge on any atom is -0.496 e. The summed E-state index contributed by atoms with van der Waals surface area (Å²) in [7, 11) is 5.74. The van der Waals surface area contributed by atoms with Crippen LogP contribution in [0, 0.1) is 29.1 Å². The number of carbonyl (C=O) groups is 1. The van der Waals surface area contributed by atoms with Crippen molar-refractivity contribution < 1.29 is 24.6 Å². The van der Waals surface area contributed by atoms with Gasteiger partial charge in [-0.1, -0.05) is 52.0 Å². The molecule has 4 aliphatic rings. The SMILES string of the molecule is CCc1cc(-c2cccc(CN3O[C@@H](CO)[C@H]([C@H](C)O)[C@H]3C(=O)N[C@H]3C[C@H]4C[C@@H]([C@@H]3C)C4(C)C)c2OC)cc(N(C)C)c1. The molecular weight excluding hydrogens is 542 g/mol. The topological polar surface area (TPSA) is 94.5 Å². The van der Waals surface area contributed by atoms with Gasteiger partial charge in [-0.25, -0.2) is 0 Å². The van der Waals surface area contributed by atoms with E-state index in [-0.39, 0.29) is 25.1 Å². The van der Waals surface area contributed by atoms with Gasteiger partial charge in [0.05, 0.1) is 26.4 Å². The Balaban J connectivity index is 1.45. The number of anilines is 1. The van der Waals surface area contributed by atoms with Crippen molar-refractivity contribution >= 4 is 11.6 Å². The molecule has 3 saturated carbocycles. The van der Waals surface area contributed by atoms with E-state index in [1.807, 2.05) is 26.2 Å². The third kappa shape index (κ3) is 5.79. The number of ether oxygens (including phenoxy) is 1. The second-order valence-corrected chi connectivity index (χ2v) is 13.9. The van der Waals surface area contributed by atoms with Crippen LogP contribution in [0.3, 0.4) is 0 Å². The molecule has 1 heterocycles. The summed E-state index contributed by atoms with van der Waals surface area (Å²) in [5.74, 6) is 1.57. The predicted molar refractivity (Wildman–Crippen MR) is 170 cm³/mol. The number of hydrogen-bond donors (Lipinski definition) is 3. The van der Waals surface area contributed by atoms with Gasteiger partial charge >= 0.3 is 0 Å². The van der Waals surface area contributed by atoms with E-state index >= 15 is 0 Å². The Kier molecular flexibility index (Phi) is 9.15. The number of benzene rings is 2. The fourth-order valence-corrected chi connectivity index (χ4v) is 8.12. The third-order valence-corrected chi connectivity index (χ3v) is 10.9. The van der Waals surface area contributed by atoms with Gasteiger partial charge in [0.2, 0.25) is 5.91 Å². The van der Waals surface area contributed by atoms with E-state index in [9.17, 15) is 15.0 Å². The number of hydrogen-bond acceptors (Lipinski definition) is 7. The molecule has 4 fully saturated rings. The number of amides is 1. The first kappa shape index (κ1) is 31.8. The van der Waals surface area contributed by atoms with Gasteiger partial charge in [0.25, 0.3) is 0 Å². The van der Waals surface area contributed by atoms with Gasteiger partial charge in [-0.05, 0) is 72.6 Å². The molecule has 236 valence electrons. The lowest BCUT2D eigenvalue weighted by Gasteiger charge is -2.62. The number of carbonyl (C=O) groups excluding carboxylic acids is 1. The molecule has 0 spiro atoms. The fraction of sp³-hybridized carbons (Fsp3) is 0.629. The Bertz CT molecular complexity index is 1310. The highest BCUT2D eigenvalue weighted by Gasteiger charge is 2.57. The summed E-state index contributed by atoms with van der Waals surface area (Å²) in [6, 6.07) is 11.9. The number of fused-ring (bicyclic) bond motifs is 2. The molecule has 1 saturated heterocycles. The number of rotatable bonds is 10. The Morgan fingerprint density at radius 3 is 2.56 bits per heavy atom.